The van der Waals surface area contributed by atoms with Gasteiger partial charge in [0.2, 0.25) is 23.6 Å². The van der Waals surface area contributed by atoms with Crippen LogP contribution in [0.2, 0.25) is 5.02 Å². The maximum Gasteiger partial charge on any atom is 0.242 e. The Labute approximate surface area is 285 Å². The molecule has 2 aromatic carbocycles. The number of aryl methyl sites for hydroxylation is 2. The number of halogens is 1. The maximum atomic E-state index is 14.9. The third-order valence-electron chi connectivity index (χ3n) is 11.2. The Balaban J connectivity index is 1.27. The minimum atomic E-state index is -1.26. The number of thiophene rings is 1. The molecule has 0 bridgehead atoms. The van der Waals surface area contributed by atoms with Crippen LogP contribution in [-0.2, 0) is 26.2 Å². The molecule has 2 saturated heterocycles. The molecule has 4 aliphatic rings. The smallest absolute Gasteiger partial charge is 0.242 e. The zero-order valence-corrected chi connectivity index (χ0v) is 28.6. The van der Waals surface area contributed by atoms with Crippen molar-refractivity contribution >= 4 is 62.5 Å². The molecule has 2 aliphatic carbocycles. The fourth-order valence-electron chi connectivity index (χ4n) is 8.89. The largest absolute Gasteiger partial charge is 0.508 e. The number of carbonyl (C=O) groups is 4. The summed E-state index contributed by atoms with van der Waals surface area (Å²) in [5.41, 5.74) is 1.87. The van der Waals surface area contributed by atoms with E-state index in [1.54, 1.807) is 35.2 Å². The second kappa shape index (κ2) is 10.5. The summed E-state index contributed by atoms with van der Waals surface area (Å²) in [6.07, 6.45) is 2.60. The molecule has 4 aromatic rings. The number of phenolic OH excluding ortho intramolecular Hbond substituents is 1. The lowest BCUT2D eigenvalue weighted by atomic mass is 9.51. The molecule has 2 aliphatic heterocycles. The van der Waals surface area contributed by atoms with Crippen molar-refractivity contribution in [2.24, 2.45) is 36.1 Å². The van der Waals surface area contributed by atoms with E-state index in [9.17, 15) is 24.3 Å². The summed E-state index contributed by atoms with van der Waals surface area (Å²) < 4.78 is 8.35. The summed E-state index contributed by atoms with van der Waals surface area (Å²) in [7, 11) is 4.72. The molecular weight excluding hydrogens is 652 g/mol. The highest BCUT2D eigenvalue weighted by atomic mass is 35.5. The first-order valence-corrected chi connectivity index (χ1v) is 17.1. The van der Waals surface area contributed by atoms with Gasteiger partial charge in [0.05, 0.1) is 35.2 Å². The van der Waals surface area contributed by atoms with E-state index in [4.69, 9.17) is 21.4 Å². The lowest BCUT2D eigenvalue weighted by Gasteiger charge is -2.49. The number of methoxy groups -OCH3 is 1. The Bertz CT molecular complexity index is 2150. The van der Waals surface area contributed by atoms with Crippen molar-refractivity contribution in [3.05, 3.63) is 70.3 Å². The number of phenols is 1. The summed E-state index contributed by atoms with van der Waals surface area (Å²) in [6.45, 7) is 3.83. The average molecular weight is 685 g/mol. The topological polar surface area (TPSA) is 122 Å². The normalized spacial score (nSPS) is 28.2. The van der Waals surface area contributed by atoms with E-state index in [0.29, 0.717) is 34.3 Å². The highest BCUT2D eigenvalue weighted by Gasteiger charge is 2.68. The third kappa shape index (κ3) is 4.00. The molecule has 6 unspecified atom stereocenters. The van der Waals surface area contributed by atoms with Crippen LogP contribution in [-0.4, -0.2) is 57.6 Å². The van der Waals surface area contributed by atoms with Crippen LogP contribution in [0.3, 0.4) is 0 Å². The molecule has 4 amide bonds. The molecular formula is C36H33ClN4O6S. The van der Waals surface area contributed by atoms with E-state index in [2.05, 4.69) is 0 Å². The molecule has 1 N–H and O–H groups in total. The molecule has 6 atom stereocenters. The lowest BCUT2D eigenvalue weighted by molar-refractivity contribution is -0.138. The van der Waals surface area contributed by atoms with Crippen LogP contribution in [0.5, 0.6) is 11.5 Å². The number of anilines is 1. The molecule has 48 heavy (non-hydrogen) atoms. The monoisotopic (exact) mass is 684 g/mol. The van der Waals surface area contributed by atoms with Crippen LogP contribution in [0.1, 0.15) is 36.8 Å². The minimum Gasteiger partial charge on any atom is -0.508 e. The maximum absolute atomic E-state index is 14.9. The predicted molar refractivity (Wildman–Crippen MR) is 181 cm³/mol. The van der Waals surface area contributed by atoms with Gasteiger partial charge < -0.3 is 9.84 Å². The van der Waals surface area contributed by atoms with Gasteiger partial charge in [0.25, 0.3) is 0 Å². The van der Waals surface area contributed by atoms with Crippen molar-refractivity contribution in [2.45, 2.75) is 32.6 Å². The molecule has 246 valence electrons. The highest BCUT2D eigenvalue weighted by Crippen LogP contribution is 2.64. The van der Waals surface area contributed by atoms with Gasteiger partial charge in [0.1, 0.15) is 23.0 Å². The Hall–Kier alpha value is -4.48. The number of hydrogen-bond donors (Lipinski definition) is 1. The first-order valence-electron chi connectivity index (χ1n) is 15.9. The van der Waals surface area contributed by atoms with Gasteiger partial charge in [-0.25, -0.2) is 4.90 Å². The van der Waals surface area contributed by atoms with Crippen LogP contribution < -0.4 is 9.64 Å². The van der Waals surface area contributed by atoms with Crippen LogP contribution in [0, 0.1) is 36.0 Å². The number of rotatable bonds is 4. The number of allylic oxidation sites excluding steroid dienone is 2. The second-order valence-corrected chi connectivity index (χ2v) is 15.0. The van der Waals surface area contributed by atoms with E-state index in [1.165, 1.54) is 36.1 Å². The molecule has 10 nitrogen and oxygen atoms in total. The van der Waals surface area contributed by atoms with Crippen molar-refractivity contribution in [3.63, 3.8) is 0 Å². The highest BCUT2D eigenvalue weighted by molar-refractivity contribution is 7.22. The number of aromatic hydroxyl groups is 1. The Kier molecular flexibility index (Phi) is 6.75. The van der Waals surface area contributed by atoms with Crippen LogP contribution in [0.25, 0.3) is 20.7 Å². The van der Waals surface area contributed by atoms with Crippen molar-refractivity contribution in [1.29, 1.82) is 0 Å². The van der Waals surface area contributed by atoms with Crippen LogP contribution in [0.4, 0.5) is 5.82 Å². The molecule has 2 aromatic heterocycles. The number of hydrogen-bond acceptors (Lipinski definition) is 8. The van der Waals surface area contributed by atoms with Crippen LogP contribution in [0.15, 0.2) is 54.1 Å². The van der Waals surface area contributed by atoms with Crippen LogP contribution >= 0.6 is 22.9 Å². The zero-order valence-electron chi connectivity index (χ0n) is 27.0. The molecule has 4 heterocycles. The fraction of sp³-hybridized carbons (Fsp3) is 0.361. The van der Waals surface area contributed by atoms with Gasteiger partial charge >= 0.3 is 0 Å². The van der Waals surface area contributed by atoms with E-state index in [-0.39, 0.29) is 35.8 Å². The summed E-state index contributed by atoms with van der Waals surface area (Å²) >= 11 is 7.86. The molecule has 0 spiro atoms. The zero-order chi connectivity index (χ0) is 34.0. The number of likely N-dealkylation sites (tertiary alicyclic amines) is 1. The number of nitrogens with zero attached hydrogens (tertiary/aromatic N) is 4. The fourth-order valence-corrected chi connectivity index (χ4v) is 10.2. The second-order valence-electron chi connectivity index (χ2n) is 13.5. The number of fused-ring (bicyclic) bond motifs is 5. The number of aromatic nitrogens is 2. The summed E-state index contributed by atoms with van der Waals surface area (Å²) in [5, 5.41) is 16.8. The lowest BCUT2D eigenvalue weighted by Crippen LogP contribution is -2.49. The SMILES string of the molecule is COc1cc(O)ccc1C1C2=CCC3C(=O)N(C)C(=O)C3C2CC2C(=O)N(c3cc(-c4sc5ccc(Cl)cc5c4C)nn3C)C(=O)C21C. The van der Waals surface area contributed by atoms with Gasteiger partial charge in [-0.3, -0.25) is 28.8 Å². The predicted octanol–water partition coefficient (Wildman–Crippen LogP) is 5.84. The quantitative estimate of drug-likeness (QED) is 0.212. The van der Waals surface area contributed by atoms with Gasteiger partial charge in [0, 0.05) is 47.4 Å². The Morgan fingerprint density at radius 3 is 2.54 bits per heavy atom. The van der Waals surface area contributed by atoms with Gasteiger partial charge in [-0.1, -0.05) is 29.3 Å². The first kappa shape index (κ1) is 30.8. The van der Waals surface area contributed by atoms with Crippen molar-refractivity contribution in [1.82, 2.24) is 14.7 Å². The van der Waals surface area contributed by atoms with Gasteiger partial charge in [-0.2, -0.15) is 5.10 Å². The number of benzene rings is 2. The standard InChI is InChI=1S/C36H33ClN4O6S/c1-16-22-12-17(37)6-11-27(22)48-31(16)25-15-28(40(4)38-25)41-33(44)24-14-23-19(9-10-21-29(23)34(45)39(3)32(21)43)30(36(24,2)35(41)46)20-8-7-18(42)13-26(20)47-5/h6-9,11-13,15,21,23-24,29-30,42H,10,14H2,1-5H3. The molecule has 0 radical (unpaired) electrons. The first-order chi connectivity index (χ1) is 22.9. The summed E-state index contributed by atoms with van der Waals surface area (Å²) in [4.78, 5) is 59.6. The molecule has 12 heteroatoms. The van der Waals surface area contributed by atoms with Gasteiger partial charge in [0.15, 0.2) is 0 Å². The molecule has 8 rings (SSSR count). The summed E-state index contributed by atoms with van der Waals surface area (Å²) in [5.74, 6) is -3.52. The van der Waals surface area contributed by atoms with E-state index in [0.717, 1.165) is 26.1 Å². The Morgan fingerprint density at radius 1 is 1.02 bits per heavy atom. The number of imide groups is 2. The van der Waals surface area contributed by atoms with Gasteiger partial charge in [-0.05, 0) is 67.8 Å². The Morgan fingerprint density at radius 2 is 1.79 bits per heavy atom. The van der Waals surface area contributed by atoms with E-state index >= 15 is 0 Å². The average Bonchev–Trinajstić information content (AvgIpc) is 3.72. The number of amides is 4. The molecule has 1 saturated carbocycles. The minimum absolute atomic E-state index is 0.00258. The van der Waals surface area contributed by atoms with Gasteiger partial charge in [-0.15, -0.1) is 11.3 Å². The number of carbonyl (C=O) groups excluding carboxylic acids is 4. The summed E-state index contributed by atoms with van der Waals surface area (Å²) in [6, 6.07) is 12.3. The van der Waals surface area contributed by atoms with E-state index in [1.807, 2.05) is 38.1 Å². The van der Waals surface area contributed by atoms with Crippen molar-refractivity contribution in [3.8, 4) is 22.1 Å². The third-order valence-corrected chi connectivity index (χ3v) is 12.8. The van der Waals surface area contributed by atoms with Crippen molar-refractivity contribution < 1.29 is 29.0 Å². The number of ether oxygens (including phenoxy) is 1. The van der Waals surface area contributed by atoms with Crippen molar-refractivity contribution in [2.75, 3.05) is 19.1 Å². The van der Waals surface area contributed by atoms with E-state index < -0.39 is 35.0 Å². The molecule has 3 fully saturated rings.